The molecule has 3 aromatic heterocycles. The van der Waals surface area contributed by atoms with Gasteiger partial charge in [0, 0.05) is 18.8 Å². The van der Waals surface area contributed by atoms with Gasteiger partial charge in [0.05, 0.1) is 16.6 Å². The number of anilines is 1. The van der Waals surface area contributed by atoms with Crippen LogP contribution in [0.15, 0.2) is 16.7 Å². The number of carbonyl (C=O) groups excluding carboxylic acids is 1. The van der Waals surface area contributed by atoms with Crippen molar-refractivity contribution in [2.24, 2.45) is 7.05 Å². The van der Waals surface area contributed by atoms with E-state index in [0.717, 1.165) is 6.42 Å². The minimum Gasteiger partial charge on any atom is -0.477 e. The molecular weight excluding hydrogens is 338 g/mol. The first kappa shape index (κ1) is 17.6. The second-order valence-corrected chi connectivity index (χ2v) is 5.87. The molecule has 0 atom stereocenters. The standard InChI is InChI=1S/C17H19N5O4/c1-4-6-11-14-10(7-9(5-2)18-16(14)26-21-11)15(23)19-13-8-12(17(24)25)22(3)20-13/h7-8H,4-6H2,1-3H3,(H,24,25)(H,19,20,23). The maximum atomic E-state index is 12.8. The molecule has 9 nitrogen and oxygen atoms in total. The minimum absolute atomic E-state index is 0.0222. The summed E-state index contributed by atoms with van der Waals surface area (Å²) in [7, 11) is 1.50. The van der Waals surface area contributed by atoms with E-state index < -0.39 is 11.9 Å². The third kappa shape index (κ3) is 3.15. The highest BCUT2D eigenvalue weighted by Crippen LogP contribution is 2.25. The SMILES string of the molecule is CCCc1noc2nc(CC)cc(C(=O)Nc3cc(C(=O)O)n(C)n3)c12. The Morgan fingerprint density at radius 1 is 1.31 bits per heavy atom. The van der Waals surface area contributed by atoms with E-state index >= 15 is 0 Å². The van der Waals surface area contributed by atoms with Crippen LogP contribution in [0.4, 0.5) is 5.82 Å². The lowest BCUT2D eigenvalue weighted by Gasteiger charge is -2.06. The largest absolute Gasteiger partial charge is 0.477 e. The zero-order chi connectivity index (χ0) is 18.8. The van der Waals surface area contributed by atoms with E-state index in [4.69, 9.17) is 9.63 Å². The topological polar surface area (TPSA) is 123 Å². The van der Waals surface area contributed by atoms with Crippen molar-refractivity contribution in [2.75, 3.05) is 5.32 Å². The number of carbonyl (C=O) groups is 2. The maximum Gasteiger partial charge on any atom is 0.354 e. The highest BCUT2D eigenvalue weighted by molar-refractivity contribution is 6.12. The molecule has 0 fully saturated rings. The molecule has 0 aliphatic carbocycles. The van der Waals surface area contributed by atoms with Crippen LogP contribution in [-0.2, 0) is 19.9 Å². The van der Waals surface area contributed by atoms with Crippen molar-refractivity contribution < 1.29 is 19.2 Å². The van der Waals surface area contributed by atoms with Crippen molar-refractivity contribution in [3.05, 3.63) is 34.8 Å². The normalized spacial score (nSPS) is 11.0. The van der Waals surface area contributed by atoms with Crippen LogP contribution >= 0.6 is 0 Å². The molecule has 0 bridgehead atoms. The zero-order valence-electron chi connectivity index (χ0n) is 14.7. The van der Waals surface area contributed by atoms with Gasteiger partial charge in [-0.1, -0.05) is 25.4 Å². The molecule has 1 amide bonds. The van der Waals surface area contributed by atoms with Gasteiger partial charge in [-0.15, -0.1) is 0 Å². The summed E-state index contributed by atoms with van der Waals surface area (Å²) in [5.41, 5.74) is 2.07. The average Bonchev–Trinajstić information content (AvgIpc) is 3.17. The Kier molecular flexibility index (Phi) is 4.70. The number of hydrogen-bond donors (Lipinski definition) is 2. The van der Waals surface area contributed by atoms with Gasteiger partial charge in [0.2, 0.25) is 0 Å². The zero-order valence-corrected chi connectivity index (χ0v) is 14.7. The predicted octanol–water partition coefficient (Wildman–Crippen LogP) is 2.42. The second-order valence-electron chi connectivity index (χ2n) is 5.87. The number of aromatic nitrogens is 4. The van der Waals surface area contributed by atoms with Crippen LogP contribution in [-0.4, -0.2) is 36.9 Å². The molecule has 2 N–H and O–H groups in total. The molecule has 9 heteroatoms. The number of hydrogen-bond acceptors (Lipinski definition) is 6. The van der Waals surface area contributed by atoms with Crippen LogP contribution in [0.3, 0.4) is 0 Å². The van der Waals surface area contributed by atoms with Gasteiger partial charge in [-0.05, 0) is 18.9 Å². The number of amides is 1. The number of carboxylic acids is 1. The summed E-state index contributed by atoms with van der Waals surface area (Å²) in [5.74, 6) is -1.38. The van der Waals surface area contributed by atoms with Crippen LogP contribution in [0, 0.1) is 0 Å². The third-order valence-electron chi connectivity index (χ3n) is 4.00. The predicted molar refractivity (Wildman–Crippen MR) is 93.3 cm³/mol. The molecular formula is C17H19N5O4. The first-order valence-corrected chi connectivity index (χ1v) is 8.31. The Labute approximate surface area is 149 Å². The summed E-state index contributed by atoms with van der Waals surface area (Å²) in [5, 5.41) is 20.4. The molecule has 0 aromatic carbocycles. The summed E-state index contributed by atoms with van der Waals surface area (Å²) < 4.78 is 6.50. The number of rotatable bonds is 6. The summed E-state index contributed by atoms with van der Waals surface area (Å²) in [6.07, 6.45) is 2.14. The number of pyridine rings is 1. The van der Waals surface area contributed by atoms with Gasteiger partial charge < -0.3 is 14.9 Å². The molecule has 0 radical (unpaired) electrons. The van der Waals surface area contributed by atoms with Crippen LogP contribution in [0.5, 0.6) is 0 Å². The van der Waals surface area contributed by atoms with Crippen molar-refractivity contribution in [2.45, 2.75) is 33.1 Å². The quantitative estimate of drug-likeness (QED) is 0.694. The molecule has 26 heavy (non-hydrogen) atoms. The monoisotopic (exact) mass is 357 g/mol. The van der Waals surface area contributed by atoms with Crippen molar-refractivity contribution in [3.8, 4) is 0 Å². The summed E-state index contributed by atoms with van der Waals surface area (Å²) in [6, 6.07) is 3.01. The number of carboxylic acid groups (broad SMARTS) is 1. The van der Waals surface area contributed by atoms with E-state index in [1.54, 1.807) is 6.07 Å². The van der Waals surface area contributed by atoms with Gasteiger partial charge in [0.25, 0.3) is 11.6 Å². The van der Waals surface area contributed by atoms with E-state index in [2.05, 4.69) is 20.6 Å². The molecule has 0 spiro atoms. The van der Waals surface area contributed by atoms with E-state index in [9.17, 15) is 9.59 Å². The van der Waals surface area contributed by atoms with Crippen molar-refractivity contribution >= 4 is 28.8 Å². The number of aromatic carboxylic acids is 1. The third-order valence-corrected chi connectivity index (χ3v) is 4.00. The van der Waals surface area contributed by atoms with Crippen molar-refractivity contribution in [3.63, 3.8) is 0 Å². The molecule has 3 heterocycles. The number of aryl methyl sites for hydroxylation is 3. The molecule has 0 aliphatic heterocycles. The molecule has 0 saturated heterocycles. The Morgan fingerprint density at radius 3 is 2.69 bits per heavy atom. The lowest BCUT2D eigenvalue weighted by Crippen LogP contribution is -2.14. The van der Waals surface area contributed by atoms with Crippen LogP contribution in [0.1, 0.15) is 52.5 Å². The Bertz CT molecular complexity index is 989. The molecule has 3 aromatic rings. The Morgan fingerprint density at radius 2 is 2.08 bits per heavy atom. The molecule has 3 rings (SSSR count). The fourth-order valence-electron chi connectivity index (χ4n) is 2.74. The molecule has 0 unspecified atom stereocenters. The summed E-state index contributed by atoms with van der Waals surface area (Å²) >= 11 is 0. The summed E-state index contributed by atoms with van der Waals surface area (Å²) in [6.45, 7) is 3.94. The lowest BCUT2D eigenvalue weighted by atomic mass is 10.1. The van der Waals surface area contributed by atoms with Gasteiger partial charge in [0.15, 0.2) is 5.82 Å². The van der Waals surface area contributed by atoms with E-state index in [1.807, 2.05) is 13.8 Å². The Hall–Kier alpha value is -3.23. The first-order chi connectivity index (χ1) is 12.4. The first-order valence-electron chi connectivity index (χ1n) is 8.31. The maximum absolute atomic E-state index is 12.8. The lowest BCUT2D eigenvalue weighted by molar-refractivity contribution is 0.0684. The van der Waals surface area contributed by atoms with Gasteiger partial charge >= 0.3 is 5.97 Å². The van der Waals surface area contributed by atoms with Crippen LogP contribution < -0.4 is 5.32 Å². The molecule has 136 valence electrons. The summed E-state index contributed by atoms with van der Waals surface area (Å²) in [4.78, 5) is 28.3. The number of nitrogens with one attached hydrogen (secondary N) is 1. The van der Waals surface area contributed by atoms with Crippen molar-refractivity contribution in [1.29, 1.82) is 0 Å². The van der Waals surface area contributed by atoms with E-state index in [1.165, 1.54) is 17.8 Å². The second kappa shape index (κ2) is 6.95. The van der Waals surface area contributed by atoms with Crippen LogP contribution in [0.2, 0.25) is 0 Å². The highest BCUT2D eigenvalue weighted by atomic mass is 16.5. The average molecular weight is 357 g/mol. The van der Waals surface area contributed by atoms with Gasteiger partial charge in [-0.25, -0.2) is 9.78 Å². The Balaban J connectivity index is 2.02. The fourth-order valence-corrected chi connectivity index (χ4v) is 2.74. The van der Waals surface area contributed by atoms with Crippen LogP contribution in [0.25, 0.3) is 11.1 Å². The number of nitrogens with zero attached hydrogens (tertiary/aromatic N) is 4. The minimum atomic E-state index is -1.12. The van der Waals surface area contributed by atoms with Gasteiger partial charge in [-0.3, -0.25) is 9.48 Å². The molecule has 0 saturated carbocycles. The molecule has 0 aliphatic rings. The fraction of sp³-hybridized carbons (Fsp3) is 0.353. The van der Waals surface area contributed by atoms with E-state index in [-0.39, 0.29) is 11.5 Å². The number of fused-ring (bicyclic) bond motifs is 1. The van der Waals surface area contributed by atoms with Crippen molar-refractivity contribution in [1.82, 2.24) is 19.9 Å². The highest BCUT2D eigenvalue weighted by Gasteiger charge is 2.21. The van der Waals surface area contributed by atoms with E-state index in [0.29, 0.717) is 40.9 Å². The smallest absolute Gasteiger partial charge is 0.354 e. The van der Waals surface area contributed by atoms with Gasteiger partial charge in [-0.2, -0.15) is 5.10 Å². The van der Waals surface area contributed by atoms with Gasteiger partial charge in [0.1, 0.15) is 5.69 Å².